The molecule has 29 heavy (non-hydrogen) atoms. The number of rotatable bonds is 13. The van der Waals surface area contributed by atoms with Crippen LogP contribution < -0.4 is 10.3 Å². The second-order valence-corrected chi connectivity index (χ2v) is 7.74. The quantitative estimate of drug-likeness (QED) is 0.297. The number of unbranched alkanes of at least 4 members (excludes halogenated alkanes) is 7. The molecule has 7 nitrogen and oxygen atoms in total. The molecule has 0 unspecified atom stereocenters. The van der Waals surface area contributed by atoms with E-state index in [2.05, 4.69) is 6.92 Å². The van der Waals surface area contributed by atoms with Gasteiger partial charge in [-0.15, -0.1) is 0 Å². The molecule has 1 fully saturated rings. The van der Waals surface area contributed by atoms with Crippen LogP contribution in [0.4, 0.5) is 0 Å². The van der Waals surface area contributed by atoms with Gasteiger partial charge in [-0.25, -0.2) is 0 Å². The number of aliphatic hydroxyl groups excluding tert-OH is 1. The van der Waals surface area contributed by atoms with Gasteiger partial charge in [0.25, 0.3) is 12.1 Å². The third kappa shape index (κ3) is 8.11. The van der Waals surface area contributed by atoms with Gasteiger partial charge in [-0.3, -0.25) is 9.59 Å². The van der Waals surface area contributed by atoms with Crippen molar-refractivity contribution in [1.82, 2.24) is 0 Å². The topological polar surface area (TPSA) is 103 Å². The Kier molecular flexibility index (Phi) is 10.1. The maximum Gasteiger partial charge on any atom is 0.305 e. The summed E-state index contributed by atoms with van der Waals surface area (Å²) in [6.45, 7) is 2.24. The van der Waals surface area contributed by atoms with Gasteiger partial charge in [0, 0.05) is 12.5 Å². The molecule has 1 amide bonds. The van der Waals surface area contributed by atoms with Crippen LogP contribution in [0, 0.1) is 0 Å². The van der Waals surface area contributed by atoms with Crippen molar-refractivity contribution in [2.24, 2.45) is 5.73 Å². The summed E-state index contributed by atoms with van der Waals surface area (Å²) >= 11 is 0. The van der Waals surface area contributed by atoms with Crippen LogP contribution in [-0.4, -0.2) is 35.8 Å². The molecular formula is C22H35N2O5+. The van der Waals surface area contributed by atoms with Crippen LogP contribution in [0.25, 0.3) is 0 Å². The maximum absolute atomic E-state index is 11.9. The number of primary amides is 1. The zero-order chi connectivity index (χ0) is 21.1. The molecule has 2 rings (SSSR count). The number of carbonyl (C=O) groups excluding carboxylic acids is 2. The second-order valence-electron chi connectivity index (χ2n) is 7.74. The van der Waals surface area contributed by atoms with Crippen LogP contribution in [0.15, 0.2) is 24.5 Å². The van der Waals surface area contributed by atoms with Crippen molar-refractivity contribution in [2.45, 2.75) is 89.6 Å². The first-order valence-corrected chi connectivity index (χ1v) is 10.8. The highest BCUT2D eigenvalue weighted by Crippen LogP contribution is 2.25. The molecule has 0 saturated carbocycles. The number of hydrogen-bond acceptors (Lipinski definition) is 5. The van der Waals surface area contributed by atoms with Gasteiger partial charge in [0.15, 0.2) is 12.4 Å². The minimum Gasteiger partial charge on any atom is -0.463 e. The minimum absolute atomic E-state index is 0.0313. The van der Waals surface area contributed by atoms with Crippen molar-refractivity contribution in [3.05, 3.63) is 30.1 Å². The summed E-state index contributed by atoms with van der Waals surface area (Å²) in [7, 11) is 0. The number of carbonyl (C=O) groups is 2. The van der Waals surface area contributed by atoms with Crippen LogP contribution in [0.1, 0.15) is 87.7 Å². The van der Waals surface area contributed by atoms with Crippen LogP contribution >= 0.6 is 0 Å². The number of esters is 1. The fourth-order valence-corrected chi connectivity index (χ4v) is 3.52. The van der Waals surface area contributed by atoms with Gasteiger partial charge in [-0.2, -0.15) is 4.57 Å². The molecule has 3 atom stereocenters. The zero-order valence-corrected chi connectivity index (χ0v) is 17.4. The number of amides is 1. The molecule has 0 aromatic carbocycles. The summed E-state index contributed by atoms with van der Waals surface area (Å²) in [5.74, 6) is -0.775. The molecule has 162 valence electrons. The largest absolute Gasteiger partial charge is 0.463 e. The van der Waals surface area contributed by atoms with Crippen molar-refractivity contribution >= 4 is 11.9 Å². The van der Waals surface area contributed by atoms with Crippen LogP contribution in [-0.2, 0) is 14.3 Å². The van der Waals surface area contributed by atoms with E-state index < -0.39 is 24.3 Å². The number of hydrogen-bond donors (Lipinski definition) is 2. The van der Waals surface area contributed by atoms with Crippen molar-refractivity contribution < 1.29 is 28.7 Å². The van der Waals surface area contributed by atoms with E-state index in [-0.39, 0.29) is 12.6 Å². The summed E-state index contributed by atoms with van der Waals surface area (Å²) < 4.78 is 12.8. The molecule has 2 heterocycles. The first-order chi connectivity index (χ1) is 14.0. The van der Waals surface area contributed by atoms with E-state index in [0.29, 0.717) is 18.4 Å². The smallest absolute Gasteiger partial charge is 0.305 e. The predicted molar refractivity (Wildman–Crippen MR) is 108 cm³/mol. The number of aliphatic hydroxyl groups is 1. The van der Waals surface area contributed by atoms with Crippen molar-refractivity contribution in [3.8, 4) is 0 Å². The molecular weight excluding hydrogens is 372 g/mol. The van der Waals surface area contributed by atoms with Gasteiger partial charge in [-0.1, -0.05) is 51.9 Å². The molecule has 0 aliphatic carbocycles. The predicted octanol–water partition coefficient (Wildman–Crippen LogP) is 2.80. The number of nitrogens with two attached hydrogens (primary N) is 1. The Morgan fingerprint density at radius 1 is 1.21 bits per heavy atom. The Morgan fingerprint density at radius 2 is 1.90 bits per heavy atom. The Hall–Kier alpha value is -1.99. The van der Waals surface area contributed by atoms with Gasteiger partial charge in [0.05, 0.1) is 12.5 Å². The van der Waals surface area contributed by atoms with E-state index in [1.54, 1.807) is 29.1 Å². The molecule has 0 bridgehead atoms. The summed E-state index contributed by atoms with van der Waals surface area (Å²) in [4.78, 5) is 23.3. The van der Waals surface area contributed by atoms with Gasteiger partial charge in [0.2, 0.25) is 0 Å². The number of pyridine rings is 1. The van der Waals surface area contributed by atoms with Gasteiger partial charge < -0.3 is 20.3 Å². The lowest BCUT2D eigenvalue weighted by atomic mass is 10.1. The lowest BCUT2D eigenvalue weighted by Gasteiger charge is -2.13. The fourth-order valence-electron chi connectivity index (χ4n) is 3.52. The highest BCUT2D eigenvalue weighted by molar-refractivity contribution is 5.92. The average molecular weight is 408 g/mol. The number of aromatic nitrogens is 1. The van der Waals surface area contributed by atoms with E-state index >= 15 is 0 Å². The Bertz CT molecular complexity index is 652. The average Bonchev–Trinajstić information content (AvgIpc) is 3.09. The SMILES string of the molecule is CCCCCCCCCCC(=O)OC[C@H]1O[C@@H]([n+]2cccc(C(N)=O)c2)C[C@@H]1O. The van der Waals surface area contributed by atoms with Gasteiger partial charge >= 0.3 is 5.97 Å². The highest BCUT2D eigenvalue weighted by Gasteiger charge is 2.40. The molecule has 1 aliphatic rings. The first-order valence-electron chi connectivity index (χ1n) is 10.8. The first kappa shape index (κ1) is 23.3. The molecule has 0 spiro atoms. The summed E-state index contributed by atoms with van der Waals surface area (Å²) in [6.07, 6.45) is 11.7. The zero-order valence-electron chi connectivity index (χ0n) is 17.4. The molecule has 1 aromatic rings. The van der Waals surface area contributed by atoms with Crippen LogP contribution in [0.3, 0.4) is 0 Å². The molecule has 1 aromatic heterocycles. The lowest BCUT2D eigenvalue weighted by Crippen LogP contribution is -2.40. The molecule has 7 heteroatoms. The van der Waals surface area contributed by atoms with Crippen molar-refractivity contribution in [3.63, 3.8) is 0 Å². The fraction of sp³-hybridized carbons (Fsp3) is 0.682. The summed E-state index contributed by atoms with van der Waals surface area (Å²) in [5, 5.41) is 10.2. The lowest BCUT2D eigenvalue weighted by molar-refractivity contribution is -0.759. The third-order valence-corrected chi connectivity index (χ3v) is 5.29. The number of ether oxygens (including phenoxy) is 2. The monoisotopic (exact) mass is 407 g/mol. The Labute approximate surface area is 173 Å². The Balaban J connectivity index is 1.64. The normalized spacial score (nSPS) is 21.2. The molecule has 3 N–H and O–H groups in total. The van der Waals surface area contributed by atoms with Crippen molar-refractivity contribution in [1.29, 1.82) is 0 Å². The maximum atomic E-state index is 11.9. The minimum atomic E-state index is -0.736. The van der Waals surface area contributed by atoms with Crippen molar-refractivity contribution in [2.75, 3.05) is 6.61 Å². The second kappa shape index (κ2) is 12.5. The van der Waals surface area contributed by atoms with E-state index in [0.717, 1.165) is 19.3 Å². The van der Waals surface area contributed by atoms with Crippen LogP contribution in [0.2, 0.25) is 0 Å². The van der Waals surface area contributed by atoms with E-state index in [4.69, 9.17) is 15.2 Å². The van der Waals surface area contributed by atoms with E-state index in [1.807, 2.05) is 0 Å². The molecule has 0 radical (unpaired) electrons. The standard InChI is InChI=1S/C22H34N2O5/c1-2-3-4-5-6-7-8-9-12-21(26)28-16-19-18(25)14-20(29-19)24-13-10-11-17(15-24)22(23)27/h10-11,13,15,18-20,25H,2-9,12,14,16H2,1H3,(H-,23,27)/p+1/t18-,19+,20+/m0/s1. The summed E-state index contributed by atoms with van der Waals surface area (Å²) in [6, 6.07) is 3.32. The Morgan fingerprint density at radius 3 is 2.59 bits per heavy atom. The third-order valence-electron chi connectivity index (χ3n) is 5.29. The summed E-state index contributed by atoms with van der Waals surface area (Å²) in [5.41, 5.74) is 5.67. The number of nitrogens with zero attached hydrogens (tertiary/aromatic N) is 1. The van der Waals surface area contributed by atoms with Gasteiger partial charge in [-0.05, 0) is 12.5 Å². The highest BCUT2D eigenvalue weighted by atomic mass is 16.6. The van der Waals surface area contributed by atoms with Gasteiger partial charge in [0.1, 0.15) is 18.3 Å². The van der Waals surface area contributed by atoms with E-state index in [1.165, 1.54) is 32.1 Å². The van der Waals surface area contributed by atoms with E-state index in [9.17, 15) is 14.7 Å². The molecule has 1 saturated heterocycles. The molecule has 1 aliphatic heterocycles. The van der Waals surface area contributed by atoms with Crippen LogP contribution in [0.5, 0.6) is 0 Å².